The van der Waals surface area contributed by atoms with E-state index in [-0.39, 0.29) is 103 Å². The van der Waals surface area contributed by atoms with Crippen molar-refractivity contribution >= 4 is 208 Å². The number of rotatable bonds is 24. The van der Waals surface area contributed by atoms with E-state index in [1.165, 1.54) is 65.7 Å². The van der Waals surface area contributed by atoms with Crippen LogP contribution in [0.4, 0.5) is 4.39 Å². The quantitative estimate of drug-likeness (QED) is 0.0352. The second-order valence-electron chi connectivity index (χ2n) is 22.2. The largest absolute Gasteiger partial charge is 1.00 e. The summed E-state index contributed by atoms with van der Waals surface area (Å²) in [5.74, 6) is -1.86. The van der Waals surface area contributed by atoms with E-state index >= 15 is 0 Å². The number of hydrogen-bond acceptors (Lipinski definition) is 13. The minimum atomic E-state index is -1.26. The second-order valence-corrected chi connectivity index (χ2v) is 26.4. The molecule has 3 aliphatic rings. The number of ether oxygens (including phenoxy) is 6. The molecule has 0 spiro atoms. The Morgan fingerprint density at radius 1 is 0.437 bits per heavy atom. The smallest absolute Gasteiger partial charge is 0.546 e. The molecule has 0 radical (unpaired) electrons. The van der Waals surface area contributed by atoms with Crippen molar-refractivity contribution in [3.05, 3.63) is 190 Å². The van der Waals surface area contributed by atoms with Gasteiger partial charge < -0.3 is 63.9 Å². The van der Waals surface area contributed by atoms with Gasteiger partial charge in [-0.05, 0) is 229 Å². The Kier molecular flexibility index (Phi) is 52.1. The van der Waals surface area contributed by atoms with E-state index in [1.807, 2.05) is 36.4 Å². The molecular weight excluding hydrogens is 1750 g/mol. The average Bonchev–Trinajstić information content (AvgIpc) is 0.826. The molecule has 3 aliphatic carbocycles. The normalized spacial score (nSPS) is 14.0. The molecule has 18 nitrogen and oxygen atoms in total. The zero-order chi connectivity index (χ0) is 72.2. The molecule has 3 saturated carbocycles. The Labute approximate surface area is 701 Å². The monoisotopic (exact) mass is 1830 g/mol. The van der Waals surface area contributed by atoms with Gasteiger partial charge in [-0.15, -0.1) is 0 Å². The van der Waals surface area contributed by atoms with E-state index < -0.39 is 72.4 Å². The number of aliphatic carboxylic acids is 6. The summed E-state index contributed by atoms with van der Waals surface area (Å²) in [6, 6.07) is 30.9. The molecule has 3 fully saturated rings. The fourth-order valence-corrected chi connectivity index (χ4v) is 10.6. The van der Waals surface area contributed by atoms with Gasteiger partial charge in [0, 0.05) is 45.7 Å². The van der Waals surface area contributed by atoms with Gasteiger partial charge in [-0.25, -0.2) is 28.4 Å². The molecule has 0 bridgehead atoms. The molecule has 31 heteroatoms. The van der Waals surface area contributed by atoms with Gasteiger partial charge in [-0.1, -0.05) is 131 Å². The molecule has 0 heterocycles. The summed E-state index contributed by atoms with van der Waals surface area (Å²) < 4.78 is 48.1. The molecule has 5 N–H and O–H groups in total. The summed E-state index contributed by atoms with van der Waals surface area (Å²) in [5.41, 5.74) is 5.17. The van der Waals surface area contributed by atoms with Crippen LogP contribution in [0.1, 0.15) is 150 Å². The van der Waals surface area contributed by atoms with E-state index in [0.29, 0.717) is 67.9 Å². The maximum atomic E-state index is 13.2. The van der Waals surface area contributed by atoms with E-state index in [1.54, 1.807) is 84.7 Å². The van der Waals surface area contributed by atoms with Crippen molar-refractivity contribution in [1.82, 2.24) is 0 Å². The molecule has 6 atom stereocenters. The summed E-state index contributed by atoms with van der Waals surface area (Å²) in [4.78, 5) is 65.8. The van der Waals surface area contributed by atoms with E-state index in [0.717, 1.165) is 86.2 Å². The minimum absolute atomic E-state index is 0. The number of hydrogen-bond donors (Lipinski definition) is 5. The van der Waals surface area contributed by atoms with Gasteiger partial charge in [-0.2, -0.15) is 67.5 Å². The van der Waals surface area contributed by atoms with Crippen LogP contribution in [-0.2, 0) is 28.8 Å². The number of carbonyl (C=O) groups is 6. The maximum Gasteiger partial charge on any atom is 1.00 e. The van der Waals surface area contributed by atoms with Crippen molar-refractivity contribution in [1.29, 1.82) is 0 Å². The molecule has 0 amide bonds. The molecule has 0 saturated heterocycles. The Hall–Kier alpha value is -4.66. The second kappa shape index (κ2) is 52.4. The van der Waals surface area contributed by atoms with Crippen molar-refractivity contribution < 1.29 is 122 Å². The van der Waals surface area contributed by atoms with Gasteiger partial charge in [0.15, 0.2) is 30.5 Å². The first-order valence-corrected chi connectivity index (χ1v) is 34.5. The zero-order valence-electron chi connectivity index (χ0n) is 57.4. The molecule has 103 heavy (non-hydrogen) atoms. The van der Waals surface area contributed by atoms with E-state index in [4.69, 9.17) is 77.2 Å². The number of carbonyl (C=O) groups excluding carboxylic acids is 1. The average molecular weight is 1830 g/mol. The van der Waals surface area contributed by atoms with Crippen LogP contribution in [0, 0.1) is 5.82 Å². The van der Waals surface area contributed by atoms with Crippen LogP contribution in [0.3, 0.4) is 0 Å². The molecule has 0 aliphatic heterocycles. The van der Waals surface area contributed by atoms with Crippen LogP contribution in [0.25, 0.3) is 18.2 Å². The van der Waals surface area contributed by atoms with Crippen LogP contribution in [-0.4, -0.2) is 98.0 Å². The Bertz CT molecular complexity index is 3480. The summed E-state index contributed by atoms with van der Waals surface area (Å²) in [6.07, 6.45) is 9.82. The van der Waals surface area contributed by atoms with Crippen LogP contribution >= 0.6 is 154 Å². The van der Waals surface area contributed by atoms with Gasteiger partial charge in [0.25, 0.3) is 0 Å². The summed E-state index contributed by atoms with van der Waals surface area (Å²) >= 11 is 25.0. The van der Waals surface area contributed by atoms with Crippen molar-refractivity contribution in [2.24, 2.45) is 0 Å². The molecule has 6 aromatic rings. The third-order valence-corrected chi connectivity index (χ3v) is 17.3. The van der Waals surface area contributed by atoms with Gasteiger partial charge in [0.05, 0.1) is 5.97 Å². The topological polar surface area (TPSA) is 282 Å². The number of carboxylic acids is 6. The van der Waals surface area contributed by atoms with Crippen LogP contribution in [0.15, 0.2) is 141 Å². The third kappa shape index (κ3) is 35.3. The molecule has 6 aromatic carbocycles. The Morgan fingerprint density at radius 2 is 0.709 bits per heavy atom. The fraction of sp³-hybridized carbons (Fsp3) is 0.333. The SMILES string of the molecule is C=Cc1cc(Br)ccc1O[C@@H](C)C(=O)O.C=Cc1cc(Cl)ccc1O[C@@H](C)C(=O)[O-].C[C@H](Oc1ccc(Br)cc1/C=C/Br)C(=O)O.C[C@H](Oc1ccc(Br)cc1C1CCC1)C(=O)O.C[C@H](Oc1ccc(Cl)cc1C1CCC1)C(=O)O.C[C@H](Oc1ccc(F)cc1C1CCC1)C(=O)O.S.S.S.S.S.[Na+]. The summed E-state index contributed by atoms with van der Waals surface area (Å²) in [6.45, 7) is 16.1. The van der Waals surface area contributed by atoms with Crippen molar-refractivity contribution in [2.45, 2.75) is 154 Å². The van der Waals surface area contributed by atoms with Crippen LogP contribution in [0.5, 0.6) is 34.5 Å². The van der Waals surface area contributed by atoms with Gasteiger partial charge in [-0.3, -0.25) is 0 Å². The van der Waals surface area contributed by atoms with Crippen LogP contribution in [0.2, 0.25) is 10.0 Å². The first kappa shape index (κ1) is 103. The number of halogens is 7. The van der Waals surface area contributed by atoms with Crippen LogP contribution < -0.4 is 63.1 Å². The zero-order valence-corrected chi connectivity index (χ0v) is 72.2. The predicted octanol–water partition coefficient (Wildman–Crippen LogP) is 15.7. The molecular formula is C72H86Br4Cl2FNaO18S5. The van der Waals surface area contributed by atoms with Crippen molar-refractivity contribution in [2.75, 3.05) is 0 Å². The Morgan fingerprint density at radius 3 is 1.05 bits per heavy atom. The minimum Gasteiger partial charge on any atom is -0.546 e. The standard InChI is InChI=1S/C13H15BrO3.C13H15ClO3.C13H15FO3.C11H10Br2O3.C11H11BrO3.C11H11ClO3.Na.5H2S/c3*1-8(13(15)16)17-12-6-5-10(14)7-11(12)9-3-2-4-9;1-7(11(14)15)16-10-3-2-9(13)6-8(10)4-5-12;2*1-3-8-6-9(12)4-5-10(8)15-7(2)11(13)14;;;;;;/h3*5-9H,2-4H2,1H3,(H,15,16);2-7H,1H3,(H,14,15);2*3-7H,1H2,2H3,(H,13,14);;5*1H2/q;;;;;;+1;;;;;/p-1/b;;;5-4+;;;;;;;;/t3*8-;3*7-;;;;;;/m000000....../s1. The first-order valence-electron chi connectivity index (χ1n) is 30.5. The molecule has 562 valence electrons. The Balaban J connectivity index is -0.00000115. The van der Waals surface area contributed by atoms with Crippen molar-refractivity contribution in [3.8, 4) is 34.5 Å². The predicted molar refractivity (Wildman–Crippen MR) is 435 cm³/mol. The van der Waals surface area contributed by atoms with E-state index in [9.17, 15) is 38.3 Å². The fourth-order valence-electron chi connectivity index (χ4n) is 8.83. The molecule has 0 aromatic heterocycles. The number of carboxylic acid groups (broad SMARTS) is 6. The third-order valence-electron chi connectivity index (χ3n) is 15.0. The number of benzene rings is 6. The first-order chi connectivity index (χ1) is 45.8. The molecule has 9 rings (SSSR count). The van der Waals surface area contributed by atoms with E-state index in [2.05, 4.69) is 76.9 Å². The van der Waals surface area contributed by atoms with Crippen molar-refractivity contribution in [3.63, 3.8) is 0 Å². The van der Waals surface area contributed by atoms with Gasteiger partial charge in [0.1, 0.15) is 46.4 Å². The van der Waals surface area contributed by atoms with Gasteiger partial charge in [0.2, 0.25) is 0 Å². The van der Waals surface area contributed by atoms with Gasteiger partial charge >= 0.3 is 59.4 Å². The maximum absolute atomic E-state index is 13.2. The summed E-state index contributed by atoms with van der Waals surface area (Å²) in [7, 11) is 0. The molecule has 0 unspecified atom stereocenters. The summed E-state index contributed by atoms with van der Waals surface area (Å²) in [5, 5.41) is 55.7.